The Morgan fingerprint density at radius 3 is 2.91 bits per heavy atom. The largest absolute Gasteiger partial charge is 0.397 e. The van der Waals surface area contributed by atoms with Crippen molar-refractivity contribution in [1.29, 1.82) is 0 Å². The smallest absolute Gasteiger partial charge is 0.174 e. The van der Waals surface area contributed by atoms with Crippen LogP contribution in [0.15, 0.2) is 18.5 Å². The molecule has 0 aliphatic heterocycles. The van der Waals surface area contributed by atoms with Gasteiger partial charge < -0.3 is 5.73 Å². The number of hydrogen-bond donors (Lipinski definition) is 1. The van der Waals surface area contributed by atoms with Gasteiger partial charge in [-0.25, -0.2) is 0 Å². The highest BCUT2D eigenvalue weighted by atomic mass is 79.9. The average molecular weight is 215 g/mol. The fourth-order valence-electron chi connectivity index (χ4n) is 0.687. The molecule has 0 atom stereocenters. The molecule has 1 heterocycles. The maximum Gasteiger partial charge on any atom is 0.174 e. The second-order valence-corrected chi connectivity index (χ2v) is 2.62. The molecule has 4 heteroatoms. The summed E-state index contributed by atoms with van der Waals surface area (Å²) in [5.41, 5.74) is 6.48. The second kappa shape index (κ2) is 3.48. The Kier molecular flexibility index (Phi) is 2.59. The van der Waals surface area contributed by atoms with E-state index in [9.17, 15) is 4.79 Å². The van der Waals surface area contributed by atoms with E-state index in [0.29, 0.717) is 16.6 Å². The molecule has 0 fully saturated rings. The zero-order chi connectivity index (χ0) is 8.27. The lowest BCUT2D eigenvalue weighted by Gasteiger charge is -1.96. The van der Waals surface area contributed by atoms with Crippen molar-refractivity contribution in [2.75, 3.05) is 11.1 Å². The molecular weight excluding hydrogens is 208 g/mol. The van der Waals surface area contributed by atoms with Crippen LogP contribution in [-0.4, -0.2) is 16.1 Å². The first-order valence-corrected chi connectivity index (χ1v) is 4.16. The summed E-state index contributed by atoms with van der Waals surface area (Å²) in [6.07, 6.45) is 3.00. The lowest BCUT2D eigenvalue weighted by molar-refractivity contribution is 0.102. The first-order valence-electron chi connectivity index (χ1n) is 3.03. The van der Waals surface area contributed by atoms with E-state index in [0.717, 1.165) is 0 Å². The Morgan fingerprint density at radius 2 is 2.36 bits per heavy atom. The Bertz CT molecular complexity index is 275. The predicted molar refractivity (Wildman–Crippen MR) is 46.8 cm³/mol. The number of anilines is 1. The van der Waals surface area contributed by atoms with Crippen LogP contribution in [0.25, 0.3) is 0 Å². The third-order valence-electron chi connectivity index (χ3n) is 1.20. The van der Waals surface area contributed by atoms with Crippen molar-refractivity contribution in [3.63, 3.8) is 0 Å². The van der Waals surface area contributed by atoms with E-state index in [-0.39, 0.29) is 5.78 Å². The monoisotopic (exact) mass is 214 g/mol. The molecule has 0 radical (unpaired) electrons. The van der Waals surface area contributed by atoms with Crippen LogP contribution < -0.4 is 5.73 Å². The maximum absolute atomic E-state index is 11.0. The minimum atomic E-state index is -0.00944. The summed E-state index contributed by atoms with van der Waals surface area (Å²) in [5.74, 6) is -0.00944. The summed E-state index contributed by atoms with van der Waals surface area (Å²) in [7, 11) is 0. The number of alkyl halides is 1. The molecule has 58 valence electrons. The van der Waals surface area contributed by atoms with E-state index in [1.54, 1.807) is 6.07 Å². The molecule has 0 unspecified atom stereocenters. The van der Waals surface area contributed by atoms with Gasteiger partial charge in [0.15, 0.2) is 5.78 Å². The standard InChI is InChI=1S/C7H7BrN2O/c8-2-7(11)5-1-6(9)4-10-3-5/h1,3-4H,2,9H2. The topological polar surface area (TPSA) is 56.0 Å². The zero-order valence-electron chi connectivity index (χ0n) is 5.75. The van der Waals surface area contributed by atoms with E-state index in [2.05, 4.69) is 20.9 Å². The van der Waals surface area contributed by atoms with Crippen molar-refractivity contribution in [2.45, 2.75) is 0 Å². The highest BCUT2D eigenvalue weighted by Crippen LogP contribution is 2.05. The number of nitrogens with two attached hydrogens (primary N) is 1. The van der Waals surface area contributed by atoms with Gasteiger partial charge in [-0.15, -0.1) is 0 Å². The highest BCUT2D eigenvalue weighted by Gasteiger charge is 2.02. The van der Waals surface area contributed by atoms with Crippen molar-refractivity contribution in [3.05, 3.63) is 24.0 Å². The third-order valence-corrected chi connectivity index (χ3v) is 1.71. The van der Waals surface area contributed by atoms with Crippen molar-refractivity contribution in [3.8, 4) is 0 Å². The first-order chi connectivity index (χ1) is 5.24. The van der Waals surface area contributed by atoms with Gasteiger partial charge in [0.1, 0.15) is 0 Å². The van der Waals surface area contributed by atoms with E-state index in [1.165, 1.54) is 12.4 Å². The van der Waals surface area contributed by atoms with Gasteiger partial charge in [0, 0.05) is 18.0 Å². The van der Waals surface area contributed by atoms with Gasteiger partial charge in [0.2, 0.25) is 0 Å². The molecular formula is C7H7BrN2O. The normalized spacial score (nSPS) is 9.55. The van der Waals surface area contributed by atoms with E-state index in [1.807, 2.05) is 0 Å². The molecule has 0 aromatic carbocycles. The van der Waals surface area contributed by atoms with Crippen molar-refractivity contribution >= 4 is 27.4 Å². The van der Waals surface area contributed by atoms with Crippen LogP contribution in [0, 0.1) is 0 Å². The number of ketones is 1. The van der Waals surface area contributed by atoms with Gasteiger partial charge in [-0.3, -0.25) is 9.78 Å². The van der Waals surface area contributed by atoms with Crippen molar-refractivity contribution < 1.29 is 4.79 Å². The number of Topliss-reactive ketones (excluding diaryl/α,β-unsaturated/α-hetero) is 1. The van der Waals surface area contributed by atoms with Crippen LogP contribution in [-0.2, 0) is 0 Å². The number of halogens is 1. The van der Waals surface area contributed by atoms with E-state index < -0.39 is 0 Å². The predicted octanol–water partition coefficient (Wildman–Crippen LogP) is 1.24. The summed E-state index contributed by atoms with van der Waals surface area (Å²) in [5, 5.41) is 0.304. The van der Waals surface area contributed by atoms with Crippen LogP contribution in [0.5, 0.6) is 0 Å². The van der Waals surface area contributed by atoms with Gasteiger partial charge in [-0.1, -0.05) is 15.9 Å². The van der Waals surface area contributed by atoms with Gasteiger partial charge >= 0.3 is 0 Å². The van der Waals surface area contributed by atoms with Crippen molar-refractivity contribution in [1.82, 2.24) is 4.98 Å². The van der Waals surface area contributed by atoms with Crippen molar-refractivity contribution in [2.24, 2.45) is 0 Å². The molecule has 1 aromatic heterocycles. The first kappa shape index (κ1) is 8.20. The minimum Gasteiger partial charge on any atom is -0.397 e. The molecule has 11 heavy (non-hydrogen) atoms. The van der Waals surface area contributed by atoms with Crippen LogP contribution in [0.4, 0.5) is 5.69 Å². The van der Waals surface area contributed by atoms with Crippen LogP contribution in [0.3, 0.4) is 0 Å². The van der Waals surface area contributed by atoms with Gasteiger partial charge in [-0.05, 0) is 6.07 Å². The Labute approximate surface area is 72.7 Å². The Hall–Kier alpha value is -0.900. The van der Waals surface area contributed by atoms with Gasteiger partial charge in [0.05, 0.1) is 11.0 Å². The Balaban J connectivity index is 2.96. The summed E-state index contributed by atoms with van der Waals surface area (Å²) in [4.78, 5) is 14.8. The molecule has 0 spiro atoms. The summed E-state index contributed by atoms with van der Waals surface area (Å²) >= 11 is 3.06. The Morgan fingerprint density at radius 1 is 1.64 bits per heavy atom. The lowest BCUT2D eigenvalue weighted by Crippen LogP contribution is -2.01. The SMILES string of the molecule is Nc1cncc(C(=O)CBr)c1. The summed E-state index contributed by atoms with van der Waals surface area (Å²) in [6.45, 7) is 0. The van der Waals surface area contributed by atoms with E-state index >= 15 is 0 Å². The molecule has 0 amide bonds. The molecule has 0 aliphatic carbocycles. The van der Waals surface area contributed by atoms with Crippen LogP contribution in [0.1, 0.15) is 10.4 Å². The van der Waals surface area contributed by atoms with Gasteiger partial charge in [-0.2, -0.15) is 0 Å². The summed E-state index contributed by atoms with van der Waals surface area (Å²) < 4.78 is 0. The number of carbonyl (C=O) groups excluding carboxylic acids is 1. The van der Waals surface area contributed by atoms with Crippen LogP contribution in [0.2, 0.25) is 0 Å². The number of pyridine rings is 1. The van der Waals surface area contributed by atoms with Crippen LogP contribution >= 0.6 is 15.9 Å². The zero-order valence-corrected chi connectivity index (χ0v) is 7.34. The fourth-order valence-corrected chi connectivity index (χ4v) is 1.01. The molecule has 0 aliphatic rings. The average Bonchev–Trinajstić information content (AvgIpc) is 2.03. The maximum atomic E-state index is 11.0. The van der Waals surface area contributed by atoms with E-state index in [4.69, 9.17) is 5.73 Å². The minimum absolute atomic E-state index is 0.00944. The molecule has 0 saturated heterocycles. The number of nitrogen functional groups attached to an aromatic ring is 1. The molecule has 1 aromatic rings. The second-order valence-electron chi connectivity index (χ2n) is 2.06. The summed E-state index contributed by atoms with van der Waals surface area (Å²) in [6, 6.07) is 1.61. The molecule has 0 bridgehead atoms. The number of rotatable bonds is 2. The number of nitrogens with zero attached hydrogens (tertiary/aromatic N) is 1. The molecule has 1 rings (SSSR count). The lowest BCUT2D eigenvalue weighted by atomic mass is 10.2. The number of aromatic nitrogens is 1. The highest BCUT2D eigenvalue weighted by molar-refractivity contribution is 9.09. The van der Waals surface area contributed by atoms with Gasteiger partial charge in [0.25, 0.3) is 0 Å². The molecule has 3 nitrogen and oxygen atoms in total. The quantitative estimate of drug-likeness (QED) is 0.596. The number of hydrogen-bond acceptors (Lipinski definition) is 3. The molecule has 0 saturated carbocycles. The fraction of sp³-hybridized carbons (Fsp3) is 0.143. The molecule has 2 N–H and O–H groups in total. The third kappa shape index (κ3) is 2.01. The number of carbonyl (C=O) groups is 1.